The Bertz CT molecular complexity index is 733. The molecule has 0 amide bonds. The molecule has 0 aliphatic heterocycles. The van der Waals surface area contributed by atoms with E-state index in [9.17, 15) is 12.8 Å². The Morgan fingerprint density at radius 1 is 1.24 bits per heavy atom. The Hall–Kier alpha value is -1.66. The Morgan fingerprint density at radius 2 is 1.90 bits per heavy atom. The van der Waals surface area contributed by atoms with Crippen molar-refractivity contribution in [1.82, 2.24) is 8.87 Å². The van der Waals surface area contributed by atoms with Crippen molar-refractivity contribution in [2.24, 2.45) is 7.05 Å². The first-order valence-corrected chi connectivity index (χ1v) is 8.30. The highest BCUT2D eigenvalue weighted by Gasteiger charge is 2.38. The van der Waals surface area contributed by atoms with E-state index in [0.717, 1.165) is 18.5 Å². The van der Waals surface area contributed by atoms with E-state index < -0.39 is 15.8 Å². The van der Waals surface area contributed by atoms with Crippen molar-refractivity contribution in [2.45, 2.75) is 30.3 Å². The van der Waals surface area contributed by atoms with E-state index in [1.165, 1.54) is 28.6 Å². The number of rotatable bonds is 5. The predicted octanol–water partition coefficient (Wildman–Crippen LogP) is 2.52. The van der Waals surface area contributed by atoms with Gasteiger partial charge < -0.3 is 4.57 Å². The summed E-state index contributed by atoms with van der Waals surface area (Å²) in [6.45, 7) is 0.341. The lowest BCUT2D eigenvalue weighted by molar-refractivity contribution is 0.390. The van der Waals surface area contributed by atoms with Crippen LogP contribution in [-0.4, -0.2) is 23.3 Å². The largest absolute Gasteiger partial charge is 0.353 e. The summed E-state index contributed by atoms with van der Waals surface area (Å²) in [5, 5.41) is 0. The van der Waals surface area contributed by atoms with Gasteiger partial charge in [0.2, 0.25) is 10.0 Å². The van der Waals surface area contributed by atoms with Gasteiger partial charge in [-0.1, -0.05) is 0 Å². The van der Waals surface area contributed by atoms with Crippen LogP contribution in [0.25, 0.3) is 0 Å². The summed E-state index contributed by atoms with van der Waals surface area (Å²) >= 11 is 0. The van der Waals surface area contributed by atoms with Crippen LogP contribution in [0.2, 0.25) is 0 Å². The minimum absolute atomic E-state index is 0.0509. The molecule has 1 aliphatic rings. The Balaban J connectivity index is 1.93. The third kappa shape index (κ3) is 2.87. The van der Waals surface area contributed by atoms with Crippen LogP contribution in [0.3, 0.4) is 0 Å². The third-order valence-corrected chi connectivity index (χ3v) is 5.66. The van der Waals surface area contributed by atoms with Crippen molar-refractivity contribution in [3.63, 3.8) is 0 Å². The van der Waals surface area contributed by atoms with Gasteiger partial charge in [0, 0.05) is 25.0 Å². The molecular formula is C15H17FN2O2S. The van der Waals surface area contributed by atoms with Crippen LogP contribution < -0.4 is 0 Å². The molecule has 0 atom stereocenters. The molecule has 1 heterocycles. The molecule has 3 rings (SSSR count). The minimum Gasteiger partial charge on any atom is -0.353 e. The van der Waals surface area contributed by atoms with Gasteiger partial charge in [0.15, 0.2) is 0 Å². The highest BCUT2D eigenvalue weighted by molar-refractivity contribution is 7.89. The average molecular weight is 308 g/mol. The number of aryl methyl sites for hydroxylation is 1. The fourth-order valence-electron chi connectivity index (χ4n) is 2.34. The van der Waals surface area contributed by atoms with Gasteiger partial charge in [-0.15, -0.1) is 0 Å². The van der Waals surface area contributed by atoms with Gasteiger partial charge in [0.1, 0.15) is 5.82 Å². The second-order valence-electron chi connectivity index (χ2n) is 5.35. The number of hydrogen-bond acceptors (Lipinski definition) is 2. The maximum atomic E-state index is 13.0. The first-order valence-electron chi connectivity index (χ1n) is 6.86. The van der Waals surface area contributed by atoms with Crippen LogP contribution in [-0.2, 0) is 23.6 Å². The SMILES string of the molecule is Cn1cccc1CN(C1CC1)S(=O)(=O)c1ccc(F)cc1. The van der Waals surface area contributed by atoms with Crippen molar-refractivity contribution >= 4 is 10.0 Å². The Morgan fingerprint density at radius 3 is 2.43 bits per heavy atom. The van der Waals surface area contributed by atoms with E-state index in [1.54, 1.807) is 0 Å². The van der Waals surface area contributed by atoms with E-state index in [0.29, 0.717) is 6.54 Å². The first kappa shape index (κ1) is 14.3. The summed E-state index contributed by atoms with van der Waals surface area (Å²) < 4.78 is 41.9. The lowest BCUT2D eigenvalue weighted by Crippen LogP contribution is -2.33. The topological polar surface area (TPSA) is 42.3 Å². The zero-order chi connectivity index (χ0) is 15.0. The van der Waals surface area contributed by atoms with Crippen molar-refractivity contribution in [3.8, 4) is 0 Å². The molecule has 1 aromatic carbocycles. The average Bonchev–Trinajstić information content (AvgIpc) is 3.20. The number of sulfonamides is 1. The fraction of sp³-hybridized carbons (Fsp3) is 0.333. The van der Waals surface area contributed by atoms with Gasteiger partial charge >= 0.3 is 0 Å². The molecule has 0 N–H and O–H groups in total. The highest BCUT2D eigenvalue weighted by atomic mass is 32.2. The molecule has 6 heteroatoms. The van der Waals surface area contributed by atoms with Crippen LogP contribution in [0.15, 0.2) is 47.5 Å². The summed E-state index contributed by atoms with van der Waals surface area (Å²) in [6, 6.07) is 8.87. The molecule has 0 unspecified atom stereocenters. The zero-order valence-corrected chi connectivity index (χ0v) is 12.6. The van der Waals surface area contributed by atoms with Crippen molar-refractivity contribution in [2.75, 3.05) is 0 Å². The number of benzene rings is 1. The van der Waals surface area contributed by atoms with Gasteiger partial charge in [-0.3, -0.25) is 0 Å². The number of halogens is 1. The standard InChI is InChI=1S/C15H17FN2O2S/c1-17-10-2-3-14(17)11-18(13-6-7-13)21(19,20)15-8-4-12(16)5-9-15/h2-5,8-10,13H,6-7,11H2,1H3. The second-order valence-corrected chi connectivity index (χ2v) is 7.24. The van der Waals surface area contributed by atoms with Crippen LogP contribution in [0.4, 0.5) is 4.39 Å². The van der Waals surface area contributed by atoms with Gasteiger partial charge in [-0.2, -0.15) is 4.31 Å². The molecule has 112 valence electrons. The van der Waals surface area contributed by atoms with Gasteiger partial charge in [-0.25, -0.2) is 12.8 Å². The predicted molar refractivity (Wildman–Crippen MR) is 77.6 cm³/mol. The van der Waals surface area contributed by atoms with E-state index >= 15 is 0 Å². The molecule has 4 nitrogen and oxygen atoms in total. The normalized spacial score (nSPS) is 15.6. The molecule has 0 spiro atoms. The summed E-state index contributed by atoms with van der Waals surface area (Å²) in [7, 11) is -1.70. The van der Waals surface area contributed by atoms with Gasteiger partial charge in [-0.05, 0) is 49.2 Å². The lowest BCUT2D eigenvalue weighted by atomic mass is 10.4. The molecular weight excluding hydrogens is 291 g/mol. The molecule has 2 aromatic rings. The third-order valence-electron chi connectivity index (χ3n) is 3.74. The van der Waals surface area contributed by atoms with Crippen molar-refractivity contribution in [3.05, 3.63) is 54.1 Å². The molecule has 1 aromatic heterocycles. The lowest BCUT2D eigenvalue weighted by Gasteiger charge is -2.22. The molecule has 1 aliphatic carbocycles. The van der Waals surface area contributed by atoms with E-state index in [4.69, 9.17) is 0 Å². The maximum Gasteiger partial charge on any atom is 0.243 e. The number of nitrogens with zero attached hydrogens (tertiary/aromatic N) is 2. The monoisotopic (exact) mass is 308 g/mol. The summed E-state index contributed by atoms with van der Waals surface area (Å²) in [5.74, 6) is -0.436. The Kier molecular flexibility index (Phi) is 3.59. The number of aromatic nitrogens is 1. The van der Waals surface area contributed by atoms with Crippen LogP contribution >= 0.6 is 0 Å². The number of hydrogen-bond donors (Lipinski definition) is 0. The van der Waals surface area contributed by atoms with Crippen LogP contribution in [0.5, 0.6) is 0 Å². The molecule has 0 bridgehead atoms. The quantitative estimate of drug-likeness (QED) is 0.852. The Labute approximate surface area is 123 Å². The second kappa shape index (κ2) is 5.27. The molecule has 0 radical (unpaired) electrons. The summed E-state index contributed by atoms with van der Waals surface area (Å²) in [4.78, 5) is 0.144. The van der Waals surface area contributed by atoms with E-state index in [-0.39, 0.29) is 10.9 Å². The zero-order valence-electron chi connectivity index (χ0n) is 11.7. The molecule has 0 saturated heterocycles. The maximum absolute atomic E-state index is 13.0. The van der Waals surface area contributed by atoms with Crippen LogP contribution in [0.1, 0.15) is 18.5 Å². The van der Waals surface area contributed by atoms with E-state index in [1.807, 2.05) is 29.9 Å². The molecule has 1 saturated carbocycles. The van der Waals surface area contributed by atoms with E-state index in [2.05, 4.69) is 0 Å². The first-order chi connectivity index (χ1) is 9.98. The van der Waals surface area contributed by atoms with Gasteiger partial charge in [0.25, 0.3) is 0 Å². The minimum atomic E-state index is -3.59. The van der Waals surface area contributed by atoms with Crippen molar-refractivity contribution < 1.29 is 12.8 Å². The molecule has 21 heavy (non-hydrogen) atoms. The van der Waals surface area contributed by atoms with Gasteiger partial charge in [0.05, 0.1) is 11.4 Å². The van der Waals surface area contributed by atoms with Crippen LogP contribution in [0, 0.1) is 5.82 Å². The highest BCUT2D eigenvalue weighted by Crippen LogP contribution is 2.33. The van der Waals surface area contributed by atoms with Crippen molar-refractivity contribution in [1.29, 1.82) is 0 Å². The molecule has 1 fully saturated rings. The summed E-state index contributed by atoms with van der Waals surface area (Å²) in [6.07, 6.45) is 3.65. The fourth-order valence-corrected chi connectivity index (χ4v) is 3.99. The smallest absolute Gasteiger partial charge is 0.243 e. The summed E-state index contributed by atoms with van der Waals surface area (Å²) in [5.41, 5.74) is 0.938.